The van der Waals surface area contributed by atoms with Crippen molar-refractivity contribution >= 4 is 23.1 Å². The number of fused-ring (bicyclic) bond motifs is 1. The molecule has 1 heterocycles. The van der Waals surface area contributed by atoms with E-state index in [-0.39, 0.29) is 5.78 Å². The van der Waals surface area contributed by atoms with E-state index in [0.29, 0.717) is 46.5 Å². The minimum absolute atomic E-state index is 0.179. The van der Waals surface area contributed by atoms with Crippen molar-refractivity contribution in [3.63, 3.8) is 0 Å². The van der Waals surface area contributed by atoms with Crippen LogP contribution < -0.4 is 15.2 Å². The lowest BCUT2D eigenvalue weighted by atomic mass is 9.98. The average molecular weight is 304 g/mol. The standard InChI is InChI=1S/C16H14ClNO3/c1-9-2-3-10(18)6-11(9)16(19)12-7-14-15(8-13(12)17)21-5-4-20-14/h2-3,6-8H,4-5,18H2,1H3. The van der Waals surface area contributed by atoms with Crippen molar-refractivity contribution in [3.8, 4) is 11.5 Å². The Kier molecular flexibility index (Phi) is 3.47. The number of hydrogen-bond acceptors (Lipinski definition) is 4. The van der Waals surface area contributed by atoms with Crippen LogP contribution in [0.5, 0.6) is 11.5 Å². The second-order valence-electron chi connectivity index (χ2n) is 4.88. The maximum Gasteiger partial charge on any atom is 0.195 e. The molecule has 0 fully saturated rings. The topological polar surface area (TPSA) is 61.6 Å². The van der Waals surface area contributed by atoms with Crippen LogP contribution >= 0.6 is 11.6 Å². The molecule has 1 aliphatic heterocycles. The zero-order valence-corrected chi connectivity index (χ0v) is 12.2. The van der Waals surface area contributed by atoms with E-state index in [1.54, 1.807) is 24.3 Å². The fourth-order valence-electron chi connectivity index (χ4n) is 2.27. The van der Waals surface area contributed by atoms with Crippen molar-refractivity contribution in [1.82, 2.24) is 0 Å². The summed E-state index contributed by atoms with van der Waals surface area (Å²) in [6.45, 7) is 2.79. The fraction of sp³-hybridized carbons (Fsp3) is 0.188. The van der Waals surface area contributed by atoms with Gasteiger partial charge in [-0.1, -0.05) is 17.7 Å². The van der Waals surface area contributed by atoms with E-state index in [9.17, 15) is 4.79 Å². The van der Waals surface area contributed by atoms with Gasteiger partial charge in [0, 0.05) is 22.9 Å². The number of carbonyl (C=O) groups is 1. The Hall–Kier alpha value is -2.20. The number of nitrogens with two attached hydrogens (primary N) is 1. The first kappa shape index (κ1) is 13.8. The van der Waals surface area contributed by atoms with Crippen LogP contribution in [0.3, 0.4) is 0 Å². The monoisotopic (exact) mass is 303 g/mol. The molecule has 0 bridgehead atoms. The number of ether oxygens (including phenoxy) is 2. The summed E-state index contributed by atoms with van der Waals surface area (Å²) in [5.74, 6) is 0.921. The quantitative estimate of drug-likeness (QED) is 0.683. The summed E-state index contributed by atoms with van der Waals surface area (Å²) in [5.41, 5.74) is 8.07. The van der Waals surface area contributed by atoms with Gasteiger partial charge in [0.15, 0.2) is 17.3 Å². The van der Waals surface area contributed by atoms with Gasteiger partial charge in [-0.25, -0.2) is 0 Å². The Balaban J connectivity index is 2.07. The molecule has 0 aliphatic carbocycles. The van der Waals surface area contributed by atoms with Gasteiger partial charge in [-0.15, -0.1) is 0 Å². The number of benzene rings is 2. The zero-order chi connectivity index (χ0) is 15.0. The first-order valence-corrected chi connectivity index (χ1v) is 6.94. The van der Waals surface area contributed by atoms with E-state index in [1.165, 1.54) is 0 Å². The first-order valence-electron chi connectivity index (χ1n) is 6.56. The van der Waals surface area contributed by atoms with E-state index in [2.05, 4.69) is 0 Å². The van der Waals surface area contributed by atoms with Gasteiger partial charge in [0.2, 0.25) is 0 Å². The molecule has 0 saturated carbocycles. The molecule has 0 saturated heterocycles. The largest absolute Gasteiger partial charge is 0.486 e. The maximum atomic E-state index is 12.7. The normalized spacial score (nSPS) is 13.0. The summed E-state index contributed by atoms with van der Waals surface area (Å²) in [6.07, 6.45) is 0. The van der Waals surface area contributed by atoms with Crippen LogP contribution in [0.1, 0.15) is 21.5 Å². The predicted octanol–water partition coefficient (Wildman–Crippen LogP) is 3.23. The lowest BCUT2D eigenvalue weighted by molar-refractivity contribution is 0.103. The minimum atomic E-state index is -0.179. The molecule has 0 amide bonds. The molecule has 1 aliphatic rings. The number of hydrogen-bond donors (Lipinski definition) is 1. The summed E-state index contributed by atoms with van der Waals surface area (Å²) >= 11 is 6.21. The van der Waals surface area contributed by atoms with Crippen LogP contribution in [-0.4, -0.2) is 19.0 Å². The van der Waals surface area contributed by atoms with Crippen LogP contribution in [0.15, 0.2) is 30.3 Å². The molecule has 0 unspecified atom stereocenters. The molecular formula is C16H14ClNO3. The molecule has 0 radical (unpaired) electrons. The lowest BCUT2D eigenvalue weighted by Gasteiger charge is -2.19. The zero-order valence-electron chi connectivity index (χ0n) is 11.5. The Bertz CT molecular complexity index is 728. The van der Waals surface area contributed by atoms with Crippen LogP contribution in [0.2, 0.25) is 5.02 Å². The van der Waals surface area contributed by atoms with Gasteiger partial charge < -0.3 is 15.2 Å². The van der Waals surface area contributed by atoms with Crippen molar-refractivity contribution in [2.45, 2.75) is 6.92 Å². The van der Waals surface area contributed by atoms with Gasteiger partial charge in [0.1, 0.15) is 13.2 Å². The van der Waals surface area contributed by atoms with E-state index in [1.807, 2.05) is 13.0 Å². The van der Waals surface area contributed by atoms with E-state index < -0.39 is 0 Å². The molecule has 0 aromatic heterocycles. The molecule has 2 aromatic rings. The second kappa shape index (κ2) is 5.30. The smallest absolute Gasteiger partial charge is 0.195 e. The van der Waals surface area contributed by atoms with Crippen LogP contribution in [-0.2, 0) is 0 Å². The summed E-state index contributed by atoms with van der Waals surface area (Å²) in [5, 5.41) is 0.339. The SMILES string of the molecule is Cc1ccc(N)cc1C(=O)c1cc2c(cc1Cl)OCCO2. The average Bonchev–Trinajstić information content (AvgIpc) is 2.48. The van der Waals surface area contributed by atoms with Crippen molar-refractivity contribution in [1.29, 1.82) is 0 Å². The number of ketones is 1. The Morgan fingerprint density at radius 3 is 2.48 bits per heavy atom. The molecule has 2 aromatic carbocycles. The molecule has 5 heteroatoms. The van der Waals surface area contributed by atoms with Crippen LogP contribution in [0, 0.1) is 6.92 Å². The van der Waals surface area contributed by atoms with Crippen molar-refractivity contribution < 1.29 is 14.3 Å². The molecule has 108 valence electrons. The van der Waals surface area contributed by atoms with Crippen molar-refractivity contribution in [3.05, 3.63) is 52.0 Å². The number of aryl methyl sites for hydroxylation is 1. The number of rotatable bonds is 2. The minimum Gasteiger partial charge on any atom is -0.486 e. The maximum absolute atomic E-state index is 12.7. The van der Waals surface area contributed by atoms with Crippen LogP contribution in [0.4, 0.5) is 5.69 Å². The van der Waals surface area contributed by atoms with Gasteiger partial charge in [0.25, 0.3) is 0 Å². The predicted molar refractivity (Wildman–Crippen MR) is 81.5 cm³/mol. The molecule has 4 nitrogen and oxygen atoms in total. The molecule has 2 N–H and O–H groups in total. The van der Waals surface area contributed by atoms with Gasteiger partial charge in [0.05, 0.1) is 5.02 Å². The molecule has 3 rings (SSSR count). The van der Waals surface area contributed by atoms with E-state index >= 15 is 0 Å². The van der Waals surface area contributed by atoms with E-state index in [0.717, 1.165) is 5.56 Å². The van der Waals surface area contributed by atoms with Crippen molar-refractivity contribution in [2.24, 2.45) is 0 Å². The number of anilines is 1. The third-order valence-electron chi connectivity index (χ3n) is 3.38. The highest BCUT2D eigenvalue weighted by Crippen LogP contribution is 2.36. The van der Waals surface area contributed by atoms with Crippen LogP contribution in [0.25, 0.3) is 0 Å². The highest BCUT2D eigenvalue weighted by molar-refractivity contribution is 6.35. The van der Waals surface area contributed by atoms with Gasteiger partial charge in [-0.05, 0) is 30.7 Å². The third kappa shape index (κ3) is 2.54. The Labute approximate surface area is 127 Å². The van der Waals surface area contributed by atoms with E-state index in [4.69, 9.17) is 26.8 Å². The fourth-order valence-corrected chi connectivity index (χ4v) is 2.51. The Morgan fingerprint density at radius 2 is 1.76 bits per heavy atom. The summed E-state index contributed by atoms with van der Waals surface area (Å²) < 4.78 is 10.9. The molecular weight excluding hydrogens is 290 g/mol. The van der Waals surface area contributed by atoms with Gasteiger partial charge >= 0.3 is 0 Å². The molecule has 0 spiro atoms. The van der Waals surface area contributed by atoms with Gasteiger partial charge in [-0.3, -0.25) is 4.79 Å². The molecule has 0 atom stereocenters. The number of halogens is 1. The Morgan fingerprint density at radius 1 is 1.10 bits per heavy atom. The van der Waals surface area contributed by atoms with Crippen molar-refractivity contribution in [2.75, 3.05) is 18.9 Å². The third-order valence-corrected chi connectivity index (χ3v) is 3.70. The lowest BCUT2D eigenvalue weighted by Crippen LogP contribution is -2.16. The summed E-state index contributed by atoms with van der Waals surface area (Å²) in [6, 6.07) is 8.48. The number of carbonyl (C=O) groups excluding carboxylic acids is 1. The summed E-state index contributed by atoms with van der Waals surface area (Å²) in [4.78, 5) is 12.7. The van der Waals surface area contributed by atoms with Gasteiger partial charge in [-0.2, -0.15) is 0 Å². The first-order chi connectivity index (χ1) is 10.1. The highest BCUT2D eigenvalue weighted by atomic mass is 35.5. The molecule has 21 heavy (non-hydrogen) atoms. The second-order valence-corrected chi connectivity index (χ2v) is 5.29. The number of nitrogen functional groups attached to an aromatic ring is 1. The highest BCUT2D eigenvalue weighted by Gasteiger charge is 2.21. The summed E-state index contributed by atoms with van der Waals surface area (Å²) in [7, 11) is 0.